The van der Waals surface area contributed by atoms with Gasteiger partial charge in [0, 0.05) is 18.9 Å². The van der Waals surface area contributed by atoms with Crippen molar-refractivity contribution < 1.29 is 14.6 Å². The highest BCUT2D eigenvalue weighted by Crippen LogP contribution is 2.77. The Morgan fingerprint density at radius 3 is 2.20 bits per heavy atom. The van der Waals surface area contributed by atoms with Crippen LogP contribution in [0.15, 0.2) is 12.2 Å². The molecule has 0 amide bonds. The van der Waals surface area contributed by atoms with Crippen molar-refractivity contribution in [3.63, 3.8) is 0 Å². The molecule has 5 rings (SSSR count). The second-order valence-corrected chi connectivity index (χ2v) is 15.2. The van der Waals surface area contributed by atoms with Gasteiger partial charge in [-0.05, 0) is 122 Å². The van der Waals surface area contributed by atoms with Crippen molar-refractivity contribution in [2.75, 3.05) is 6.61 Å². The molecule has 0 aromatic rings. The lowest BCUT2D eigenvalue weighted by Gasteiger charge is -2.73. The van der Waals surface area contributed by atoms with E-state index < -0.39 is 0 Å². The zero-order valence-electron chi connectivity index (χ0n) is 23.7. The summed E-state index contributed by atoms with van der Waals surface area (Å²) in [5, 5.41) is 10.7. The summed E-state index contributed by atoms with van der Waals surface area (Å²) in [6.45, 7) is 21.3. The van der Waals surface area contributed by atoms with Crippen LogP contribution >= 0.6 is 0 Å². The van der Waals surface area contributed by atoms with Gasteiger partial charge in [0.25, 0.3) is 0 Å². The SMILES string of the molecule is C=C(C)[C@@H]1CC[C@]2(CO)CC[C@]3(C)[C@H](CC[C@@H]4[C@@]5(C)CC[C@@H](OC(C)=O)C(C)(C)[C@@H]5CC[C@]43C)[C@@H]12. The predicted octanol–water partition coefficient (Wildman–Crippen LogP) is 7.57. The van der Waals surface area contributed by atoms with Gasteiger partial charge in [-0.15, -0.1) is 0 Å². The van der Waals surface area contributed by atoms with Crippen LogP contribution in [0.1, 0.15) is 113 Å². The van der Waals surface area contributed by atoms with Gasteiger partial charge in [0.1, 0.15) is 6.10 Å². The summed E-state index contributed by atoms with van der Waals surface area (Å²) < 4.78 is 5.90. The molecule has 3 heteroatoms. The zero-order chi connectivity index (χ0) is 25.6. The molecule has 0 aromatic carbocycles. The molecular formula is C32H52O3. The molecule has 1 N–H and O–H groups in total. The Hall–Kier alpha value is -0.830. The average Bonchev–Trinajstić information content (AvgIpc) is 3.16. The maximum Gasteiger partial charge on any atom is 0.302 e. The van der Waals surface area contributed by atoms with Gasteiger partial charge in [0.05, 0.1) is 0 Å². The molecule has 5 aliphatic carbocycles. The van der Waals surface area contributed by atoms with Gasteiger partial charge in [-0.2, -0.15) is 0 Å². The smallest absolute Gasteiger partial charge is 0.302 e. The van der Waals surface area contributed by atoms with Crippen LogP contribution in [0.4, 0.5) is 0 Å². The Bertz CT molecular complexity index is 891. The molecule has 10 atom stereocenters. The number of hydrogen-bond donors (Lipinski definition) is 1. The largest absolute Gasteiger partial charge is 0.462 e. The number of esters is 1. The first-order valence-electron chi connectivity index (χ1n) is 14.7. The molecule has 0 aromatic heterocycles. The van der Waals surface area contributed by atoms with Crippen molar-refractivity contribution >= 4 is 5.97 Å². The number of hydrogen-bond acceptors (Lipinski definition) is 3. The van der Waals surface area contributed by atoms with Crippen molar-refractivity contribution in [2.45, 2.75) is 119 Å². The Morgan fingerprint density at radius 2 is 1.57 bits per heavy atom. The summed E-state index contributed by atoms with van der Waals surface area (Å²) in [5.74, 6) is 3.07. The highest BCUT2D eigenvalue weighted by Gasteiger charge is 2.71. The summed E-state index contributed by atoms with van der Waals surface area (Å²) in [7, 11) is 0. The molecule has 5 fully saturated rings. The van der Waals surface area contributed by atoms with Crippen LogP contribution in [-0.4, -0.2) is 23.8 Å². The molecule has 198 valence electrons. The molecular weight excluding hydrogens is 432 g/mol. The van der Waals surface area contributed by atoms with Crippen molar-refractivity contribution in [1.29, 1.82) is 0 Å². The minimum Gasteiger partial charge on any atom is -0.462 e. The van der Waals surface area contributed by atoms with E-state index in [4.69, 9.17) is 4.74 Å². The molecule has 3 nitrogen and oxygen atoms in total. The summed E-state index contributed by atoms with van der Waals surface area (Å²) in [5.41, 5.74) is 2.45. The van der Waals surface area contributed by atoms with E-state index in [0.717, 1.165) is 12.3 Å². The van der Waals surface area contributed by atoms with Gasteiger partial charge >= 0.3 is 5.97 Å². The fourth-order valence-corrected chi connectivity index (χ4v) is 11.9. The van der Waals surface area contributed by atoms with Crippen LogP contribution in [0, 0.1) is 56.7 Å². The summed E-state index contributed by atoms with van der Waals surface area (Å²) >= 11 is 0. The van der Waals surface area contributed by atoms with E-state index in [9.17, 15) is 9.90 Å². The topological polar surface area (TPSA) is 46.5 Å². The number of aliphatic hydroxyl groups excluding tert-OH is 1. The fourth-order valence-electron chi connectivity index (χ4n) is 11.9. The molecule has 0 spiro atoms. The summed E-state index contributed by atoms with van der Waals surface area (Å²) in [6, 6.07) is 0. The zero-order valence-corrected chi connectivity index (χ0v) is 23.7. The quantitative estimate of drug-likeness (QED) is 0.332. The minimum absolute atomic E-state index is 0.0207. The maximum atomic E-state index is 11.9. The number of ether oxygens (including phenoxy) is 1. The van der Waals surface area contributed by atoms with E-state index in [-0.39, 0.29) is 22.9 Å². The molecule has 5 aliphatic rings. The van der Waals surface area contributed by atoms with E-state index in [1.165, 1.54) is 63.4 Å². The first kappa shape index (κ1) is 25.8. The maximum absolute atomic E-state index is 11.9. The lowest BCUT2D eigenvalue weighted by molar-refractivity contribution is -0.251. The molecule has 0 saturated heterocycles. The van der Waals surface area contributed by atoms with Crippen LogP contribution in [-0.2, 0) is 9.53 Å². The molecule has 0 radical (unpaired) electrons. The third-order valence-electron chi connectivity index (χ3n) is 13.8. The number of carbonyl (C=O) groups excluding carboxylic acids is 1. The van der Waals surface area contributed by atoms with Gasteiger partial charge in [-0.1, -0.05) is 46.8 Å². The lowest BCUT2D eigenvalue weighted by Crippen LogP contribution is -2.67. The first-order chi connectivity index (χ1) is 16.3. The minimum atomic E-state index is -0.126. The number of carbonyl (C=O) groups is 1. The fraction of sp³-hybridized carbons (Fsp3) is 0.906. The molecule has 0 aliphatic heterocycles. The van der Waals surface area contributed by atoms with E-state index in [1.807, 2.05) is 0 Å². The van der Waals surface area contributed by atoms with Crippen molar-refractivity contribution in [3.8, 4) is 0 Å². The van der Waals surface area contributed by atoms with Crippen LogP contribution in [0.25, 0.3) is 0 Å². The molecule has 0 unspecified atom stereocenters. The third-order valence-corrected chi connectivity index (χ3v) is 13.8. The lowest BCUT2D eigenvalue weighted by atomic mass is 9.32. The standard InChI is InChI=1S/C32H52O3/c1-20(2)22-11-16-32(19-33)18-17-30(7)23(27(22)32)9-10-25-29(6)14-13-26(35-21(3)34)28(4,5)24(29)12-15-31(25,30)8/h22-27,33H,1,9-19H2,2-8H3/t22-,23+,24-,25+,26+,27+,29-,30+,31+,32+/m0/s1. The Kier molecular flexibility index (Phi) is 5.96. The average molecular weight is 485 g/mol. The van der Waals surface area contributed by atoms with Gasteiger partial charge < -0.3 is 9.84 Å². The van der Waals surface area contributed by atoms with Crippen LogP contribution in [0.5, 0.6) is 0 Å². The highest BCUT2D eigenvalue weighted by atomic mass is 16.5. The van der Waals surface area contributed by atoms with Crippen LogP contribution < -0.4 is 0 Å². The molecule has 0 bridgehead atoms. The highest BCUT2D eigenvalue weighted by molar-refractivity contribution is 5.66. The normalized spacial score (nSPS) is 52.5. The van der Waals surface area contributed by atoms with E-state index in [0.29, 0.717) is 46.5 Å². The van der Waals surface area contributed by atoms with Crippen molar-refractivity contribution in [1.82, 2.24) is 0 Å². The van der Waals surface area contributed by atoms with Crippen molar-refractivity contribution in [3.05, 3.63) is 12.2 Å². The van der Waals surface area contributed by atoms with Gasteiger partial charge in [-0.25, -0.2) is 0 Å². The summed E-state index contributed by atoms with van der Waals surface area (Å²) in [4.78, 5) is 11.9. The number of aliphatic hydroxyl groups is 1. The van der Waals surface area contributed by atoms with Crippen LogP contribution in [0.3, 0.4) is 0 Å². The third kappa shape index (κ3) is 3.28. The number of allylic oxidation sites excluding steroid dienone is 1. The Morgan fingerprint density at radius 1 is 0.857 bits per heavy atom. The number of fused-ring (bicyclic) bond motifs is 7. The molecule has 5 saturated carbocycles. The second-order valence-electron chi connectivity index (χ2n) is 15.2. The second kappa shape index (κ2) is 8.08. The van der Waals surface area contributed by atoms with Gasteiger partial charge in [0.15, 0.2) is 0 Å². The molecule has 0 heterocycles. The Labute approximate surface area is 214 Å². The Balaban J connectivity index is 1.51. The van der Waals surface area contributed by atoms with E-state index in [1.54, 1.807) is 6.92 Å². The number of rotatable bonds is 3. The predicted molar refractivity (Wildman–Crippen MR) is 142 cm³/mol. The van der Waals surface area contributed by atoms with Crippen molar-refractivity contribution in [2.24, 2.45) is 56.7 Å². The monoisotopic (exact) mass is 484 g/mol. The van der Waals surface area contributed by atoms with E-state index in [2.05, 4.69) is 48.1 Å². The molecule has 35 heavy (non-hydrogen) atoms. The van der Waals surface area contributed by atoms with E-state index >= 15 is 0 Å². The first-order valence-corrected chi connectivity index (χ1v) is 14.7. The van der Waals surface area contributed by atoms with Gasteiger partial charge in [0.2, 0.25) is 0 Å². The van der Waals surface area contributed by atoms with Crippen LogP contribution in [0.2, 0.25) is 0 Å². The van der Waals surface area contributed by atoms with Gasteiger partial charge in [-0.3, -0.25) is 4.79 Å². The summed E-state index contributed by atoms with van der Waals surface area (Å²) in [6.07, 6.45) is 12.2.